The number of fused-ring (bicyclic) bond motifs is 1. The zero-order valence-electron chi connectivity index (χ0n) is 35.0. The summed E-state index contributed by atoms with van der Waals surface area (Å²) in [4.78, 5) is 46.1. The van der Waals surface area contributed by atoms with Crippen LogP contribution in [0.15, 0.2) is 36.5 Å². The van der Waals surface area contributed by atoms with Gasteiger partial charge in [-0.15, -0.1) is 0 Å². The average Bonchev–Trinajstić information content (AvgIpc) is 3.77. The highest BCUT2D eigenvalue weighted by atomic mass is 19.4. The molecule has 9 atom stereocenters. The second-order valence-electron chi connectivity index (χ2n) is 18.5. The lowest BCUT2D eigenvalue weighted by Gasteiger charge is -2.59. The Kier molecular flexibility index (Phi) is 13.9. The Labute approximate surface area is 363 Å². The van der Waals surface area contributed by atoms with Crippen LogP contribution in [-0.4, -0.2) is 117 Å². The van der Waals surface area contributed by atoms with E-state index in [0.29, 0.717) is 35.8 Å². The van der Waals surface area contributed by atoms with Gasteiger partial charge in [0.15, 0.2) is 12.2 Å². The van der Waals surface area contributed by atoms with E-state index in [-0.39, 0.29) is 30.1 Å². The van der Waals surface area contributed by atoms with Gasteiger partial charge in [0.05, 0.1) is 17.6 Å². The minimum atomic E-state index is -6.59. The van der Waals surface area contributed by atoms with Crippen LogP contribution in [0.5, 0.6) is 0 Å². The highest BCUT2D eigenvalue weighted by Gasteiger charge is 2.78. The molecule has 24 heteroatoms. The van der Waals surface area contributed by atoms with Crippen LogP contribution in [0.4, 0.5) is 52.7 Å². The van der Waals surface area contributed by atoms with Gasteiger partial charge in [-0.05, 0) is 90.4 Å². The Bertz CT molecular complexity index is 1830. The van der Waals surface area contributed by atoms with E-state index in [1.807, 2.05) is 0 Å². The van der Waals surface area contributed by atoms with E-state index >= 15 is 0 Å². The summed E-state index contributed by atoms with van der Waals surface area (Å²) in [5.41, 5.74) is -12.2. The van der Waals surface area contributed by atoms with Crippen LogP contribution in [0.1, 0.15) is 85.0 Å². The fourth-order valence-corrected chi connectivity index (χ4v) is 10.7. The summed E-state index contributed by atoms with van der Waals surface area (Å²) in [5, 5.41) is 29.5. The van der Waals surface area contributed by atoms with Gasteiger partial charge in [0.2, 0.25) is 0 Å². The Morgan fingerprint density at radius 3 is 1.46 bits per heavy atom. The molecule has 0 aromatic rings. The molecule has 8 fully saturated rings. The zero-order chi connectivity index (χ0) is 49.4. The normalized spacial score (nSPS) is 34.9. The van der Waals surface area contributed by atoms with Gasteiger partial charge in [0.25, 0.3) is 11.2 Å². The molecule has 368 valence electrons. The first-order chi connectivity index (χ1) is 29.4. The van der Waals surface area contributed by atoms with E-state index in [1.54, 1.807) is 13.8 Å². The van der Waals surface area contributed by atoms with Crippen molar-refractivity contribution in [3.05, 3.63) is 36.5 Å². The number of esters is 4. The molecular weight excluding hydrogens is 912 g/mol. The molecule has 65 heavy (non-hydrogen) atoms. The molecule has 9 unspecified atom stereocenters. The first-order valence-electron chi connectivity index (χ1n) is 20.3. The van der Waals surface area contributed by atoms with Gasteiger partial charge in [-0.3, -0.25) is 4.79 Å². The molecule has 6 bridgehead atoms. The van der Waals surface area contributed by atoms with Crippen LogP contribution in [-0.2, 0) is 42.9 Å². The lowest BCUT2D eigenvalue weighted by molar-refractivity contribution is -0.405. The van der Waals surface area contributed by atoms with Gasteiger partial charge in [-0.2, -0.15) is 52.7 Å². The SMILES string of the molecule is C=C(C)C(=O)OC12CC3CC(CC(O)(C3)C1)C2.C=C(C)C(=O)OC1C2CC3C(=O)OC1C3O2.C=C(C)C(=O)OC1CC(C(O)(C(F)(F)F)C(F)(F)F)CC(C(O)(C(F)(F)F)C(F)(F)F)C1. The summed E-state index contributed by atoms with van der Waals surface area (Å²) in [5.74, 6) is -8.36. The van der Waals surface area contributed by atoms with Crippen molar-refractivity contribution in [1.29, 1.82) is 0 Å². The van der Waals surface area contributed by atoms with Gasteiger partial charge in [-0.1, -0.05) is 19.7 Å². The second-order valence-corrected chi connectivity index (χ2v) is 18.5. The minimum Gasteiger partial charge on any atom is -0.459 e. The van der Waals surface area contributed by atoms with Crippen LogP contribution in [0.25, 0.3) is 0 Å². The fraction of sp³-hybridized carbons (Fsp3) is 0.756. The third-order valence-corrected chi connectivity index (χ3v) is 13.2. The van der Waals surface area contributed by atoms with E-state index in [2.05, 4.69) is 24.5 Å². The van der Waals surface area contributed by atoms with Crippen molar-refractivity contribution in [2.24, 2.45) is 29.6 Å². The van der Waals surface area contributed by atoms with E-state index in [0.717, 1.165) is 32.6 Å². The van der Waals surface area contributed by atoms with Crippen LogP contribution >= 0.6 is 0 Å². The molecule has 3 saturated heterocycles. The lowest BCUT2D eigenvalue weighted by atomic mass is 9.52. The predicted octanol–water partition coefficient (Wildman–Crippen LogP) is 6.98. The maximum atomic E-state index is 13.2. The topological polar surface area (TPSA) is 175 Å². The molecule has 0 radical (unpaired) electrons. The minimum absolute atomic E-state index is 0.158. The number of carbonyl (C=O) groups is 4. The van der Waals surface area contributed by atoms with Gasteiger partial charge in [0.1, 0.15) is 17.8 Å². The highest BCUT2D eigenvalue weighted by Crippen LogP contribution is 2.60. The predicted molar refractivity (Wildman–Crippen MR) is 194 cm³/mol. The van der Waals surface area contributed by atoms with Gasteiger partial charge < -0.3 is 39.0 Å². The molecule has 8 aliphatic rings. The number of hydrogen-bond acceptors (Lipinski definition) is 12. The number of rotatable bonds is 8. The van der Waals surface area contributed by atoms with Crippen LogP contribution in [0, 0.1) is 29.6 Å². The van der Waals surface area contributed by atoms with Crippen LogP contribution < -0.4 is 0 Å². The molecule has 5 aliphatic carbocycles. The Morgan fingerprint density at radius 2 is 1.06 bits per heavy atom. The quantitative estimate of drug-likeness (QED) is 0.0988. The van der Waals surface area contributed by atoms with Crippen molar-refractivity contribution >= 4 is 23.9 Å². The van der Waals surface area contributed by atoms with Gasteiger partial charge >= 0.3 is 48.6 Å². The molecule has 5 saturated carbocycles. The summed E-state index contributed by atoms with van der Waals surface area (Å²) < 4.78 is 184. The number of alkyl halides is 12. The Morgan fingerprint density at radius 1 is 0.631 bits per heavy atom. The van der Waals surface area contributed by atoms with E-state index in [9.17, 15) is 87.2 Å². The molecule has 0 aromatic carbocycles. The Hall–Kier alpha value is -3.90. The fourth-order valence-electron chi connectivity index (χ4n) is 10.7. The van der Waals surface area contributed by atoms with Crippen molar-refractivity contribution in [3.8, 4) is 0 Å². The van der Waals surface area contributed by atoms with E-state index in [4.69, 9.17) is 18.9 Å². The molecule has 12 nitrogen and oxygen atoms in total. The molecule has 3 N–H and O–H groups in total. The zero-order valence-corrected chi connectivity index (χ0v) is 35.0. The summed E-state index contributed by atoms with van der Waals surface area (Å²) in [6.45, 7) is 14.4. The number of carbonyl (C=O) groups excluding carboxylic acids is 4. The summed E-state index contributed by atoms with van der Waals surface area (Å²) in [6, 6.07) is 0. The smallest absolute Gasteiger partial charge is 0.426 e. The number of hydrogen-bond donors (Lipinski definition) is 3. The van der Waals surface area contributed by atoms with Gasteiger partial charge in [-0.25, -0.2) is 14.4 Å². The van der Waals surface area contributed by atoms with Crippen molar-refractivity contribution in [2.75, 3.05) is 0 Å². The molecule has 0 spiro atoms. The maximum Gasteiger partial charge on any atom is 0.426 e. The number of ether oxygens (including phenoxy) is 5. The monoisotopic (exact) mass is 960 g/mol. The Balaban J connectivity index is 0.000000199. The summed E-state index contributed by atoms with van der Waals surface area (Å²) in [7, 11) is 0. The van der Waals surface area contributed by atoms with E-state index in [1.165, 1.54) is 6.42 Å². The number of halogens is 12. The standard InChI is InChI=1S/C16H16F12O4.C14H20O3.C11H12O5/c1-6(2)10(29)32-9-4-7(11(30,13(17,18)19)14(20,21)22)3-8(5-9)12(31,15(23,24)25)16(26,27)28;1-9(2)12(15)17-14-6-10-3-11(7-14)5-13(16,4-10)8-14;1-4(2)10(12)15-8-6-3-5-7(14-6)9(8)16-11(5)13/h7-9,30-31H,1,3-5H2,2H3;10-11,16H,1,3-8H2,2H3;5-9H,1,3H2,2H3. The molecule has 0 amide bonds. The third-order valence-electron chi connectivity index (χ3n) is 13.2. The molecule has 3 aliphatic heterocycles. The summed E-state index contributed by atoms with van der Waals surface area (Å²) in [6.07, 6.45) is -29.3. The van der Waals surface area contributed by atoms with Gasteiger partial charge in [0, 0.05) is 35.0 Å². The average molecular weight is 961 g/mol. The van der Waals surface area contributed by atoms with Crippen LogP contribution in [0.2, 0.25) is 0 Å². The summed E-state index contributed by atoms with van der Waals surface area (Å²) >= 11 is 0. The van der Waals surface area contributed by atoms with Crippen molar-refractivity contribution in [1.82, 2.24) is 0 Å². The second kappa shape index (κ2) is 17.3. The largest absolute Gasteiger partial charge is 0.459 e. The third kappa shape index (κ3) is 9.91. The van der Waals surface area contributed by atoms with Crippen molar-refractivity contribution in [2.45, 2.75) is 163 Å². The van der Waals surface area contributed by atoms with Crippen molar-refractivity contribution < 1.29 is 111 Å². The first kappa shape index (κ1) is 52.1. The first-order valence-corrected chi connectivity index (χ1v) is 20.3. The molecule has 3 heterocycles. The lowest BCUT2D eigenvalue weighted by Crippen LogP contribution is -2.67. The molecule has 8 rings (SSSR count). The van der Waals surface area contributed by atoms with Crippen molar-refractivity contribution in [3.63, 3.8) is 0 Å². The van der Waals surface area contributed by atoms with E-state index < -0.39 is 114 Å². The molecule has 0 aromatic heterocycles. The number of aliphatic hydroxyl groups is 3. The molecular formula is C41H48F12O12. The highest BCUT2D eigenvalue weighted by molar-refractivity contribution is 5.88. The van der Waals surface area contributed by atoms with Crippen LogP contribution in [0.3, 0.4) is 0 Å². The maximum absolute atomic E-state index is 13.2.